The van der Waals surface area contributed by atoms with E-state index in [1.165, 1.54) is 21.6 Å². The number of nitrogens with one attached hydrogen (secondary N) is 1. The molecule has 3 heterocycles. The van der Waals surface area contributed by atoms with E-state index in [4.69, 9.17) is 25.4 Å². The van der Waals surface area contributed by atoms with Gasteiger partial charge in [-0.2, -0.15) is 0 Å². The van der Waals surface area contributed by atoms with Gasteiger partial charge in [0.25, 0.3) is 0 Å². The predicted octanol–water partition coefficient (Wildman–Crippen LogP) is 3.44. The fourth-order valence-corrected chi connectivity index (χ4v) is 9.85. The summed E-state index contributed by atoms with van der Waals surface area (Å²) in [6, 6.07) is 6.79. The Bertz CT molecular complexity index is 1770. The monoisotopic (exact) mass is 716 g/mol. The number of anilines is 1. The van der Waals surface area contributed by atoms with Gasteiger partial charge < -0.3 is 45.8 Å². The Labute approximate surface area is 291 Å². The summed E-state index contributed by atoms with van der Waals surface area (Å²) in [6.45, 7) is 2.42. The highest BCUT2D eigenvalue weighted by Gasteiger charge is 2.44. The number of aliphatic hydroxyl groups excluding tert-OH is 3. The van der Waals surface area contributed by atoms with Crippen molar-refractivity contribution in [3.63, 3.8) is 0 Å². The second-order valence-corrected chi connectivity index (χ2v) is 16.2. The van der Waals surface area contributed by atoms with Crippen molar-refractivity contribution in [2.45, 2.75) is 93.5 Å². The Morgan fingerprint density at radius 3 is 2.51 bits per heavy atom. The third-order valence-electron chi connectivity index (χ3n) is 9.53. The molecule has 0 radical (unpaired) electrons. The fraction of sp³-hybridized carbons (Fsp3) is 0.529. The highest BCUT2D eigenvalue weighted by atomic mass is 33.1. The Balaban J connectivity index is 1.67. The van der Waals surface area contributed by atoms with Crippen LogP contribution < -0.4 is 31.8 Å². The topological polar surface area (TPSA) is 226 Å². The number of fused-ring (bicyclic) bond motifs is 3. The van der Waals surface area contributed by atoms with Gasteiger partial charge in [-0.25, -0.2) is 4.99 Å². The number of aliphatic hydroxyl groups is 4. The first-order valence-electron chi connectivity index (χ1n) is 16.4. The van der Waals surface area contributed by atoms with Crippen LogP contribution in [0.1, 0.15) is 85.3 Å². The van der Waals surface area contributed by atoms with Crippen molar-refractivity contribution >= 4 is 44.2 Å². The molecule has 2 aromatic carbocycles. The summed E-state index contributed by atoms with van der Waals surface area (Å²) >= 11 is 0. The van der Waals surface area contributed by atoms with Crippen LogP contribution in [0.25, 0.3) is 11.0 Å². The molecular formula is C34H44N4O9S2. The van der Waals surface area contributed by atoms with Gasteiger partial charge in [0, 0.05) is 36.1 Å². The van der Waals surface area contributed by atoms with Crippen molar-refractivity contribution in [2.75, 3.05) is 24.4 Å². The molecule has 0 saturated heterocycles. The van der Waals surface area contributed by atoms with E-state index in [-0.39, 0.29) is 66.0 Å². The largest absolute Gasteiger partial charge is 0.489 e. The number of guanidine groups is 1. The second kappa shape index (κ2) is 14.2. The van der Waals surface area contributed by atoms with Crippen LogP contribution in [0.3, 0.4) is 0 Å². The molecule has 10 N–H and O–H groups in total. The van der Waals surface area contributed by atoms with Crippen molar-refractivity contribution in [1.29, 1.82) is 0 Å². The van der Waals surface area contributed by atoms with Crippen LogP contribution in [-0.4, -0.2) is 73.9 Å². The molecule has 2 bridgehead atoms. The van der Waals surface area contributed by atoms with Crippen LogP contribution in [0.5, 0.6) is 11.5 Å². The maximum absolute atomic E-state index is 15.0. The van der Waals surface area contributed by atoms with Gasteiger partial charge in [-0.15, -0.1) is 0 Å². The van der Waals surface area contributed by atoms with Crippen molar-refractivity contribution in [2.24, 2.45) is 16.5 Å². The minimum atomic E-state index is -1.44. The van der Waals surface area contributed by atoms with Crippen LogP contribution in [0.4, 0.5) is 5.69 Å². The minimum Gasteiger partial charge on any atom is -0.489 e. The van der Waals surface area contributed by atoms with E-state index >= 15 is 4.79 Å². The van der Waals surface area contributed by atoms with Gasteiger partial charge >= 0.3 is 0 Å². The smallest absolute Gasteiger partial charge is 0.200 e. The molecular weight excluding hydrogens is 673 g/mol. The Hall–Kier alpha value is -3.18. The molecule has 3 aliphatic rings. The van der Waals surface area contributed by atoms with Crippen molar-refractivity contribution in [3.05, 3.63) is 62.5 Å². The maximum Gasteiger partial charge on any atom is 0.200 e. The number of hydrogen-bond donors (Lipinski definition) is 8. The predicted molar refractivity (Wildman–Crippen MR) is 190 cm³/mol. The van der Waals surface area contributed by atoms with Gasteiger partial charge in [-0.05, 0) is 57.2 Å². The lowest BCUT2D eigenvalue weighted by atomic mass is 9.90. The molecule has 1 aromatic heterocycles. The highest BCUT2D eigenvalue weighted by Crippen LogP contribution is 2.54. The number of hydrogen-bond acceptors (Lipinski definition) is 13. The van der Waals surface area contributed by atoms with Gasteiger partial charge in [-0.1, -0.05) is 33.7 Å². The SMILES string of the molecule is CC(C)(O)[C@H]1Cc2c(c3c4oc(c(Cc5ccc(NO)cc5)c(=O)c4c2OC2CCCC2)[C@@H](O)C[C@@](CO)(N=C(N)N)CSS[C@H]3CO)O1. The van der Waals surface area contributed by atoms with Crippen LogP contribution in [-0.2, 0) is 12.8 Å². The molecule has 6 rings (SSSR count). The fourth-order valence-electron chi connectivity index (χ4n) is 6.93. The zero-order valence-electron chi connectivity index (χ0n) is 27.5. The standard InChI is InChI=1S/C34H44N4O9S2/c1-33(2,43)24-12-21-29(46-24)25-23(14-39)49-48-16-34(15-40,37-32(35)36)13-22(41)28-20(11-17-7-9-18(38-44)10-8-17)27(42)26(31(25)47-28)30(21)45-19-5-3-4-6-19/h7-10,19,22-24,38-41,43-44H,3-6,11-16H2,1-2H3,(H4,35,36,37)/t22-,23-,24+,34-/m0/s1. The van der Waals surface area contributed by atoms with Crippen molar-refractivity contribution < 1.29 is 39.5 Å². The molecule has 0 unspecified atom stereocenters. The van der Waals surface area contributed by atoms with Gasteiger partial charge in [0.1, 0.15) is 46.0 Å². The van der Waals surface area contributed by atoms with Crippen LogP contribution in [0.2, 0.25) is 0 Å². The molecule has 15 heteroatoms. The van der Waals surface area contributed by atoms with E-state index in [2.05, 4.69) is 10.5 Å². The van der Waals surface area contributed by atoms with E-state index in [0.29, 0.717) is 33.9 Å². The molecule has 1 fully saturated rings. The Morgan fingerprint density at radius 2 is 1.90 bits per heavy atom. The molecule has 1 saturated carbocycles. The second-order valence-electron chi connectivity index (χ2n) is 13.7. The molecule has 0 amide bonds. The first-order valence-corrected chi connectivity index (χ1v) is 18.8. The number of ether oxygens (including phenoxy) is 2. The lowest BCUT2D eigenvalue weighted by Crippen LogP contribution is -2.40. The average molecular weight is 717 g/mol. The maximum atomic E-state index is 15.0. The highest BCUT2D eigenvalue weighted by molar-refractivity contribution is 8.76. The summed E-state index contributed by atoms with van der Waals surface area (Å²) in [7, 11) is 2.58. The first kappa shape index (κ1) is 35.6. The number of rotatable bonds is 9. The van der Waals surface area contributed by atoms with E-state index in [1.54, 1.807) is 38.1 Å². The van der Waals surface area contributed by atoms with Crippen LogP contribution >= 0.6 is 21.6 Å². The van der Waals surface area contributed by atoms with E-state index in [0.717, 1.165) is 25.7 Å². The number of benzene rings is 2. The Kier molecular flexibility index (Phi) is 10.3. The van der Waals surface area contributed by atoms with E-state index in [1.807, 2.05) is 0 Å². The molecule has 1 aliphatic carbocycles. The average Bonchev–Trinajstić information content (AvgIpc) is 3.75. The van der Waals surface area contributed by atoms with Gasteiger partial charge in [0.15, 0.2) is 11.4 Å². The Morgan fingerprint density at radius 1 is 1.18 bits per heavy atom. The van der Waals surface area contributed by atoms with E-state index < -0.39 is 40.6 Å². The van der Waals surface area contributed by atoms with E-state index in [9.17, 15) is 25.6 Å². The molecule has 2 aliphatic heterocycles. The van der Waals surface area contributed by atoms with Gasteiger partial charge in [-0.3, -0.25) is 15.5 Å². The summed E-state index contributed by atoms with van der Waals surface area (Å²) in [4.78, 5) is 19.4. The molecule has 4 atom stereocenters. The number of nitrogens with two attached hydrogens (primary N) is 2. The van der Waals surface area contributed by atoms with Gasteiger partial charge in [0.2, 0.25) is 0 Å². The number of nitrogens with zero attached hydrogens (tertiary/aromatic N) is 1. The first-order chi connectivity index (χ1) is 23.4. The lowest BCUT2D eigenvalue weighted by molar-refractivity contribution is -0.0233. The third kappa shape index (κ3) is 7.07. The van der Waals surface area contributed by atoms with Crippen LogP contribution in [0.15, 0.2) is 38.5 Å². The quantitative estimate of drug-likeness (QED) is 0.0687. The molecule has 0 spiro atoms. The lowest BCUT2D eigenvalue weighted by Gasteiger charge is -2.29. The normalized spacial score (nSPS) is 24.3. The summed E-state index contributed by atoms with van der Waals surface area (Å²) in [6.07, 6.45) is 1.46. The molecule has 3 aromatic rings. The summed E-state index contributed by atoms with van der Waals surface area (Å²) in [5.74, 6) is 0.532. The van der Waals surface area contributed by atoms with Crippen molar-refractivity contribution in [1.82, 2.24) is 0 Å². The zero-order valence-corrected chi connectivity index (χ0v) is 29.1. The molecule has 266 valence electrons. The summed E-state index contributed by atoms with van der Waals surface area (Å²) in [5.41, 5.74) is 13.1. The molecule has 13 nitrogen and oxygen atoms in total. The number of aliphatic imine (C=N–C) groups is 1. The summed E-state index contributed by atoms with van der Waals surface area (Å²) in [5, 5.41) is 53.3. The molecule has 49 heavy (non-hydrogen) atoms. The third-order valence-corrected chi connectivity index (χ3v) is 12.4. The van der Waals surface area contributed by atoms with Crippen molar-refractivity contribution in [3.8, 4) is 11.5 Å². The zero-order chi connectivity index (χ0) is 35.1. The van der Waals surface area contributed by atoms with Gasteiger partial charge in [0.05, 0.1) is 41.4 Å². The minimum absolute atomic E-state index is 0.0379. The summed E-state index contributed by atoms with van der Waals surface area (Å²) < 4.78 is 19.9. The van der Waals surface area contributed by atoms with Crippen LogP contribution in [0, 0.1) is 0 Å².